The summed E-state index contributed by atoms with van der Waals surface area (Å²) in [5.74, 6) is 0.472. The predicted molar refractivity (Wildman–Crippen MR) is 132 cm³/mol. The van der Waals surface area contributed by atoms with Gasteiger partial charge < -0.3 is 30.0 Å². The SMILES string of the molecule is NC(=O)c1cc(/C=N/Nc2cc(N3CCOCC3)cc(OCCN3CCOCC3)n2)cc(CO)c1. The number of primary amides is 1. The van der Waals surface area contributed by atoms with Crippen LogP contribution in [0.15, 0.2) is 35.4 Å². The molecular formula is C24H32N6O5. The fourth-order valence-corrected chi connectivity index (χ4v) is 3.93. The summed E-state index contributed by atoms with van der Waals surface area (Å²) in [6, 6.07) is 8.75. The topological polar surface area (TPSA) is 135 Å². The minimum atomic E-state index is -0.568. The van der Waals surface area contributed by atoms with Crippen molar-refractivity contribution in [1.82, 2.24) is 9.88 Å². The van der Waals surface area contributed by atoms with Crippen LogP contribution in [0.25, 0.3) is 0 Å². The lowest BCUT2D eigenvalue weighted by atomic mass is 10.1. The average molecular weight is 485 g/mol. The van der Waals surface area contributed by atoms with Crippen molar-refractivity contribution < 1.29 is 24.1 Å². The van der Waals surface area contributed by atoms with Crippen molar-refractivity contribution in [1.29, 1.82) is 0 Å². The van der Waals surface area contributed by atoms with Crippen LogP contribution in [0.1, 0.15) is 21.5 Å². The van der Waals surface area contributed by atoms with Crippen molar-refractivity contribution in [2.75, 3.05) is 76.1 Å². The van der Waals surface area contributed by atoms with Gasteiger partial charge in [0, 0.05) is 56.1 Å². The molecule has 2 saturated heterocycles. The highest BCUT2D eigenvalue weighted by Crippen LogP contribution is 2.25. The molecule has 1 aromatic heterocycles. The summed E-state index contributed by atoms with van der Waals surface area (Å²) in [5, 5.41) is 13.7. The Labute approximate surface area is 204 Å². The third-order valence-electron chi connectivity index (χ3n) is 5.80. The number of nitrogens with one attached hydrogen (secondary N) is 1. The minimum Gasteiger partial charge on any atom is -0.476 e. The number of ether oxygens (including phenoxy) is 3. The highest BCUT2D eigenvalue weighted by atomic mass is 16.5. The number of aliphatic hydroxyl groups excluding tert-OH is 1. The maximum atomic E-state index is 11.6. The Morgan fingerprint density at radius 3 is 2.57 bits per heavy atom. The molecule has 4 N–H and O–H groups in total. The standard InChI is InChI=1S/C24H32N6O5/c25-24(32)20-12-18(11-19(13-20)17-31)16-26-28-22-14-21(30-4-8-34-9-5-30)15-23(27-22)35-10-3-29-1-6-33-7-2-29/h11-16,31H,1-10,17H2,(H2,25,32)(H,27,28)/b26-16+. The number of nitrogens with two attached hydrogens (primary N) is 1. The first kappa shape index (κ1) is 24.9. The van der Waals surface area contributed by atoms with E-state index in [1.807, 2.05) is 12.1 Å². The van der Waals surface area contributed by atoms with Crippen LogP contribution in [0.3, 0.4) is 0 Å². The van der Waals surface area contributed by atoms with E-state index >= 15 is 0 Å². The number of nitrogens with zero attached hydrogens (tertiary/aromatic N) is 4. The van der Waals surface area contributed by atoms with E-state index in [1.54, 1.807) is 24.4 Å². The van der Waals surface area contributed by atoms with Crippen molar-refractivity contribution in [3.8, 4) is 5.88 Å². The number of pyridine rings is 1. The summed E-state index contributed by atoms with van der Waals surface area (Å²) >= 11 is 0. The van der Waals surface area contributed by atoms with Gasteiger partial charge in [-0.2, -0.15) is 10.1 Å². The maximum Gasteiger partial charge on any atom is 0.248 e. The molecule has 2 aliphatic heterocycles. The molecule has 0 atom stereocenters. The van der Waals surface area contributed by atoms with Crippen molar-refractivity contribution in [2.45, 2.75) is 6.61 Å². The highest BCUT2D eigenvalue weighted by Gasteiger charge is 2.15. The number of morpholine rings is 2. The fraction of sp³-hybridized carbons (Fsp3) is 0.458. The summed E-state index contributed by atoms with van der Waals surface area (Å²) in [5.41, 5.74) is 10.8. The van der Waals surface area contributed by atoms with Crippen LogP contribution < -0.4 is 20.8 Å². The van der Waals surface area contributed by atoms with Crippen LogP contribution in [-0.2, 0) is 16.1 Å². The third-order valence-corrected chi connectivity index (χ3v) is 5.80. The zero-order valence-electron chi connectivity index (χ0n) is 19.7. The number of carbonyl (C=O) groups excluding carboxylic acids is 1. The maximum absolute atomic E-state index is 11.6. The summed E-state index contributed by atoms with van der Waals surface area (Å²) < 4.78 is 16.9. The number of aliphatic hydroxyl groups is 1. The highest BCUT2D eigenvalue weighted by molar-refractivity contribution is 5.95. The molecule has 2 aliphatic rings. The largest absolute Gasteiger partial charge is 0.476 e. The molecule has 35 heavy (non-hydrogen) atoms. The van der Waals surface area contributed by atoms with E-state index in [2.05, 4.69) is 25.3 Å². The Bertz CT molecular complexity index is 1020. The molecule has 11 heteroatoms. The quantitative estimate of drug-likeness (QED) is 0.328. The van der Waals surface area contributed by atoms with E-state index in [0.717, 1.165) is 51.6 Å². The fourth-order valence-electron chi connectivity index (χ4n) is 3.93. The Hall–Kier alpha value is -3.25. The lowest BCUT2D eigenvalue weighted by Gasteiger charge is -2.29. The number of aromatic nitrogens is 1. The van der Waals surface area contributed by atoms with Gasteiger partial charge in [0.1, 0.15) is 6.61 Å². The third kappa shape index (κ3) is 7.36. The second-order valence-electron chi connectivity index (χ2n) is 8.31. The van der Waals surface area contributed by atoms with Crippen molar-refractivity contribution in [3.63, 3.8) is 0 Å². The predicted octanol–water partition coefficient (Wildman–Crippen LogP) is 0.666. The van der Waals surface area contributed by atoms with E-state index in [1.165, 1.54) is 0 Å². The summed E-state index contributed by atoms with van der Waals surface area (Å²) in [6.07, 6.45) is 1.55. The van der Waals surface area contributed by atoms with Gasteiger partial charge in [0.15, 0.2) is 5.82 Å². The molecule has 0 aliphatic carbocycles. The van der Waals surface area contributed by atoms with Crippen LogP contribution >= 0.6 is 0 Å². The van der Waals surface area contributed by atoms with Gasteiger partial charge in [0.25, 0.3) is 0 Å². The second-order valence-corrected chi connectivity index (χ2v) is 8.31. The molecule has 1 aromatic carbocycles. The molecule has 2 aromatic rings. The number of hydrazone groups is 1. The van der Waals surface area contributed by atoms with Gasteiger partial charge in [-0.1, -0.05) is 0 Å². The van der Waals surface area contributed by atoms with Crippen LogP contribution in [0.5, 0.6) is 5.88 Å². The van der Waals surface area contributed by atoms with Crippen molar-refractivity contribution >= 4 is 23.6 Å². The number of amides is 1. The Kier molecular flexibility index (Phi) is 8.85. The molecule has 1 amide bonds. The summed E-state index contributed by atoms with van der Waals surface area (Å²) in [4.78, 5) is 20.6. The van der Waals surface area contributed by atoms with Gasteiger partial charge in [-0.25, -0.2) is 0 Å². The van der Waals surface area contributed by atoms with Gasteiger partial charge in [-0.15, -0.1) is 0 Å². The average Bonchev–Trinajstić information content (AvgIpc) is 2.89. The van der Waals surface area contributed by atoms with E-state index in [-0.39, 0.29) is 6.61 Å². The first-order valence-corrected chi connectivity index (χ1v) is 11.7. The molecule has 188 valence electrons. The van der Waals surface area contributed by atoms with Gasteiger partial charge in [-0.3, -0.25) is 15.1 Å². The number of benzene rings is 1. The smallest absolute Gasteiger partial charge is 0.248 e. The van der Waals surface area contributed by atoms with E-state index in [0.29, 0.717) is 48.2 Å². The Balaban J connectivity index is 1.46. The Morgan fingerprint density at radius 2 is 1.86 bits per heavy atom. The van der Waals surface area contributed by atoms with Crippen LogP contribution in [0.2, 0.25) is 0 Å². The number of hydrogen-bond acceptors (Lipinski definition) is 10. The van der Waals surface area contributed by atoms with Gasteiger partial charge >= 0.3 is 0 Å². The van der Waals surface area contributed by atoms with E-state index in [9.17, 15) is 9.90 Å². The zero-order valence-corrected chi connectivity index (χ0v) is 19.7. The second kappa shape index (κ2) is 12.5. The van der Waals surface area contributed by atoms with Gasteiger partial charge in [0.05, 0.1) is 39.2 Å². The monoisotopic (exact) mass is 484 g/mol. The van der Waals surface area contributed by atoms with Crippen LogP contribution in [-0.4, -0.2) is 92.9 Å². The summed E-state index contributed by atoms with van der Waals surface area (Å²) in [7, 11) is 0. The molecule has 4 rings (SSSR count). The Morgan fingerprint density at radius 1 is 1.11 bits per heavy atom. The van der Waals surface area contributed by atoms with Gasteiger partial charge in [0.2, 0.25) is 11.8 Å². The first-order chi connectivity index (χ1) is 17.1. The minimum absolute atomic E-state index is 0.205. The van der Waals surface area contributed by atoms with Crippen molar-refractivity contribution in [3.05, 3.63) is 47.0 Å². The number of hydrogen-bond donors (Lipinski definition) is 3. The summed E-state index contributed by atoms with van der Waals surface area (Å²) in [6.45, 7) is 7.32. The molecule has 0 spiro atoms. The van der Waals surface area contributed by atoms with Crippen LogP contribution in [0.4, 0.5) is 11.5 Å². The molecule has 0 radical (unpaired) electrons. The van der Waals surface area contributed by atoms with E-state index in [4.69, 9.17) is 19.9 Å². The lowest BCUT2D eigenvalue weighted by molar-refractivity contribution is 0.0320. The first-order valence-electron chi connectivity index (χ1n) is 11.7. The number of carbonyl (C=O) groups is 1. The number of rotatable bonds is 10. The van der Waals surface area contributed by atoms with E-state index < -0.39 is 5.91 Å². The molecular weight excluding hydrogens is 452 g/mol. The molecule has 11 nitrogen and oxygen atoms in total. The molecule has 0 bridgehead atoms. The molecule has 0 saturated carbocycles. The molecule has 3 heterocycles. The number of anilines is 2. The van der Waals surface area contributed by atoms with Gasteiger partial charge in [-0.05, 0) is 29.3 Å². The zero-order chi connectivity index (χ0) is 24.5. The van der Waals surface area contributed by atoms with Crippen LogP contribution in [0, 0.1) is 0 Å². The van der Waals surface area contributed by atoms with Crippen molar-refractivity contribution in [2.24, 2.45) is 10.8 Å². The molecule has 0 unspecified atom stereocenters. The molecule has 2 fully saturated rings. The lowest BCUT2D eigenvalue weighted by Crippen LogP contribution is -2.38. The normalized spacial score (nSPS) is 17.0.